The molecule has 1 aromatic carbocycles. The maximum atomic E-state index is 4.61. The molecule has 6 heteroatoms. The summed E-state index contributed by atoms with van der Waals surface area (Å²) in [6, 6.07) is 8.77. The molecule has 1 fully saturated rings. The Labute approximate surface area is 126 Å². The number of halogens is 1. The van der Waals surface area contributed by atoms with Crippen molar-refractivity contribution in [3.8, 4) is 0 Å². The lowest BCUT2D eigenvalue weighted by molar-refractivity contribution is 0.480. The summed E-state index contributed by atoms with van der Waals surface area (Å²) in [5, 5.41) is 10.8. The summed E-state index contributed by atoms with van der Waals surface area (Å²) in [5.74, 6) is 1.72. The molecule has 1 aliphatic heterocycles. The second-order valence-corrected chi connectivity index (χ2v) is 6.10. The molecule has 0 spiro atoms. The predicted octanol–water partition coefficient (Wildman–Crippen LogP) is 1.96. The lowest BCUT2D eigenvalue weighted by Crippen LogP contribution is -2.49. The molecule has 106 valence electrons. The summed E-state index contributed by atoms with van der Waals surface area (Å²) in [6.07, 6.45) is 0.780. The van der Waals surface area contributed by atoms with E-state index in [2.05, 4.69) is 60.4 Å². The van der Waals surface area contributed by atoms with Gasteiger partial charge in [-0.15, -0.1) is 5.10 Å². The first-order valence-corrected chi connectivity index (χ1v) is 7.64. The van der Waals surface area contributed by atoms with Gasteiger partial charge in [0.2, 0.25) is 5.95 Å². The van der Waals surface area contributed by atoms with Gasteiger partial charge >= 0.3 is 0 Å². The SMILES string of the molecule is C[C@@H]1CN(c2n[nH]c(Cc3ccc(Br)cc3)n2)CCN1. The van der Waals surface area contributed by atoms with E-state index in [4.69, 9.17) is 0 Å². The molecule has 1 aliphatic rings. The van der Waals surface area contributed by atoms with Crippen molar-refractivity contribution in [2.75, 3.05) is 24.5 Å². The van der Waals surface area contributed by atoms with Crippen LogP contribution in [0.1, 0.15) is 18.3 Å². The maximum Gasteiger partial charge on any atom is 0.244 e. The van der Waals surface area contributed by atoms with Gasteiger partial charge in [-0.25, -0.2) is 0 Å². The number of nitrogens with zero attached hydrogens (tertiary/aromatic N) is 3. The molecular weight excluding hydrogens is 318 g/mol. The number of benzene rings is 1. The zero-order valence-corrected chi connectivity index (χ0v) is 13.0. The summed E-state index contributed by atoms with van der Waals surface area (Å²) >= 11 is 3.44. The third kappa shape index (κ3) is 3.19. The Kier molecular flexibility index (Phi) is 4.03. The molecule has 2 N–H and O–H groups in total. The lowest BCUT2D eigenvalue weighted by Gasteiger charge is -2.30. The summed E-state index contributed by atoms with van der Waals surface area (Å²) in [5.41, 5.74) is 1.23. The van der Waals surface area contributed by atoms with Crippen LogP contribution >= 0.6 is 15.9 Å². The second-order valence-electron chi connectivity index (χ2n) is 5.19. The number of piperazine rings is 1. The molecule has 0 amide bonds. The normalized spacial score (nSPS) is 19.3. The van der Waals surface area contributed by atoms with Crippen LogP contribution in [0.4, 0.5) is 5.95 Å². The number of hydrogen-bond acceptors (Lipinski definition) is 4. The zero-order valence-electron chi connectivity index (χ0n) is 11.4. The van der Waals surface area contributed by atoms with Crippen LogP contribution in [-0.4, -0.2) is 40.9 Å². The topological polar surface area (TPSA) is 56.8 Å². The maximum absolute atomic E-state index is 4.61. The molecule has 0 bridgehead atoms. The number of rotatable bonds is 3. The van der Waals surface area contributed by atoms with E-state index in [1.165, 1.54) is 5.56 Å². The predicted molar refractivity (Wildman–Crippen MR) is 83.0 cm³/mol. The lowest BCUT2D eigenvalue weighted by atomic mass is 10.1. The minimum Gasteiger partial charge on any atom is -0.337 e. The van der Waals surface area contributed by atoms with Crippen molar-refractivity contribution in [1.82, 2.24) is 20.5 Å². The summed E-state index contributed by atoms with van der Waals surface area (Å²) in [6.45, 7) is 5.08. The highest BCUT2D eigenvalue weighted by Gasteiger charge is 2.19. The van der Waals surface area contributed by atoms with Crippen LogP contribution in [0, 0.1) is 0 Å². The van der Waals surface area contributed by atoms with Crippen LogP contribution in [0.25, 0.3) is 0 Å². The number of aromatic nitrogens is 3. The van der Waals surface area contributed by atoms with E-state index < -0.39 is 0 Å². The summed E-state index contributed by atoms with van der Waals surface area (Å²) in [7, 11) is 0. The van der Waals surface area contributed by atoms with Crippen LogP contribution in [0.5, 0.6) is 0 Å². The van der Waals surface area contributed by atoms with Gasteiger partial charge in [-0.3, -0.25) is 5.10 Å². The Morgan fingerprint density at radius 3 is 2.90 bits per heavy atom. The third-order valence-electron chi connectivity index (χ3n) is 3.46. The van der Waals surface area contributed by atoms with Gasteiger partial charge in [0, 0.05) is 36.6 Å². The number of H-pyrrole nitrogens is 1. The quantitative estimate of drug-likeness (QED) is 0.900. The molecule has 1 aromatic heterocycles. The molecule has 0 radical (unpaired) electrons. The molecule has 1 saturated heterocycles. The molecule has 0 unspecified atom stereocenters. The zero-order chi connectivity index (χ0) is 13.9. The van der Waals surface area contributed by atoms with E-state index in [-0.39, 0.29) is 0 Å². The molecule has 5 nitrogen and oxygen atoms in total. The Balaban J connectivity index is 1.68. The van der Waals surface area contributed by atoms with Crippen LogP contribution in [-0.2, 0) is 6.42 Å². The summed E-state index contributed by atoms with van der Waals surface area (Å²) in [4.78, 5) is 6.83. The standard InChI is InChI=1S/C14H18BrN5/c1-10-9-20(7-6-16-10)14-17-13(18-19-14)8-11-2-4-12(15)5-3-11/h2-5,10,16H,6-9H2,1H3,(H,17,18,19)/t10-/m1/s1. The van der Waals surface area contributed by atoms with Crippen LogP contribution in [0.2, 0.25) is 0 Å². The molecule has 1 atom stereocenters. The molecule has 0 saturated carbocycles. The Morgan fingerprint density at radius 2 is 2.15 bits per heavy atom. The smallest absolute Gasteiger partial charge is 0.244 e. The minimum absolute atomic E-state index is 0.483. The van der Waals surface area contributed by atoms with Crippen LogP contribution in [0.3, 0.4) is 0 Å². The highest BCUT2D eigenvalue weighted by Crippen LogP contribution is 2.15. The van der Waals surface area contributed by atoms with Gasteiger partial charge in [-0.2, -0.15) is 4.98 Å². The molecule has 20 heavy (non-hydrogen) atoms. The summed E-state index contributed by atoms with van der Waals surface area (Å²) < 4.78 is 1.09. The first-order chi connectivity index (χ1) is 9.70. The largest absolute Gasteiger partial charge is 0.337 e. The van der Waals surface area contributed by atoms with E-state index in [0.717, 1.165) is 42.3 Å². The second kappa shape index (κ2) is 5.93. The Bertz CT molecular complexity index is 565. The van der Waals surface area contributed by atoms with E-state index in [0.29, 0.717) is 6.04 Å². The highest BCUT2D eigenvalue weighted by molar-refractivity contribution is 9.10. The van der Waals surface area contributed by atoms with Crippen molar-refractivity contribution in [2.24, 2.45) is 0 Å². The van der Waals surface area contributed by atoms with E-state index in [1.807, 2.05) is 12.1 Å². The number of anilines is 1. The molecule has 2 heterocycles. The fraction of sp³-hybridized carbons (Fsp3) is 0.429. The van der Waals surface area contributed by atoms with E-state index >= 15 is 0 Å². The average molecular weight is 336 g/mol. The van der Waals surface area contributed by atoms with Crippen molar-refractivity contribution >= 4 is 21.9 Å². The molecular formula is C14H18BrN5. The highest BCUT2D eigenvalue weighted by atomic mass is 79.9. The van der Waals surface area contributed by atoms with Gasteiger partial charge in [0.1, 0.15) is 5.82 Å². The third-order valence-corrected chi connectivity index (χ3v) is 3.99. The number of hydrogen-bond donors (Lipinski definition) is 2. The van der Waals surface area contributed by atoms with Crippen LogP contribution in [0.15, 0.2) is 28.7 Å². The fourth-order valence-electron chi connectivity index (χ4n) is 2.42. The van der Waals surface area contributed by atoms with Gasteiger partial charge < -0.3 is 10.2 Å². The van der Waals surface area contributed by atoms with Gasteiger partial charge in [0.15, 0.2) is 0 Å². The van der Waals surface area contributed by atoms with Gasteiger partial charge in [-0.05, 0) is 24.6 Å². The number of nitrogens with one attached hydrogen (secondary N) is 2. The molecule has 3 rings (SSSR count). The van der Waals surface area contributed by atoms with Crippen molar-refractivity contribution in [3.63, 3.8) is 0 Å². The number of aromatic amines is 1. The van der Waals surface area contributed by atoms with Crippen LogP contribution < -0.4 is 10.2 Å². The molecule has 0 aliphatic carbocycles. The first kappa shape index (κ1) is 13.6. The fourth-order valence-corrected chi connectivity index (χ4v) is 2.68. The Hall–Kier alpha value is -1.40. The van der Waals surface area contributed by atoms with E-state index in [9.17, 15) is 0 Å². The minimum atomic E-state index is 0.483. The molecule has 2 aromatic rings. The van der Waals surface area contributed by atoms with Gasteiger partial charge in [0.25, 0.3) is 0 Å². The van der Waals surface area contributed by atoms with Gasteiger partial charge in [-0.1, -0.05) is 28.1 Å². The van der Waals surface area contributed by atoms with E-state index in [1.54, 1.807) is 0 Å². The Morgan fingerprint density at radius 1 is 1.35 bits per heavy atom. The average Bonchev–Trinajstić information content (AvgIpc) is 2.90. The first-order valence-electron chi connectivity index (χ1n) is 6.85. The van der Waals surface area contributed by atoms with Crippen molar-refractivity contribution < 1.29 is 0 Å². The van der Waals surface area contributed by atoms with Crippen molar-refractivity contribution in [3.05, 3.63) is 40.1 Å². The van der Waals surface area contributed by atoms with Gasteiger partial charge in [0.05, 0.1) is 0 Å². The monoisotopic (exact) mass is 335 g/mol. The van der Waals surface area contributed by atoms with Crippen molar-refractivity contribution in [1.29, 1.82) is 0 Å². The van der Waals surface area contributed by atoms with Crippen molar-refractivity contribution in [2.45, 2.75) is 19.4 Å².